The summed E-state index contributed by atoms with van der Waals surface area (Å²) < 4.78 is 30.4. The van der Waals surface area contributed by atoms with Gasteiger partial charge in [0.1, 0.15) is 5.82 Å². The summed E-state index contributed by atoms with van der Waals surface area (Å²) in [6.45, 7) is 6.05. The Morgan fingerprint density at radius 3 is 2.74 bits per heavy atom. The fourth-order valence-corrected chi connectivity index (χ4v) is 5.10. The van der Waals surface area contributed by atoms with Crippen molar-refractivity contribution < 1.29 is 18.4 Å². The van der Waals surface area contributed by atoms with Gasteiger partial charge in [-0.05, 0) is 78.5 Å². The highest BCUT2D eigenvalue weighted by Gasteiger charge is 2.17. The maximum Gasteiger partial charge on any atom is 0.316 e. The standard InChI is InChI=1S/C28H40FN2O3P/c1-3-5-8-21(4-2)10-11-22-12-13-23(19-27(22)29)25-15-14-24(28-26(25)9-6-17-31-28)20-30-16-7-18-34-35(32)33/h12-15,17,19,21,30,35H,3-11,16,18,20H2,1-2H3,(H,32,33). The average Bonchev–Trinajstić information content (AvgIpc) is 2.86. The Labute approximate surface area is 210 Å². The van der Waals surface area contributed by atoms with Crippen molar-refractivity contribution >= 4 is 20.2 Å². The van der Waals surface area contributed by atoms with Crippen molar-refractivity contribution in [3.63, 3.8) is 0 Å². The second-order valence-electron chi connectivity index (χ2n) is 9.36. The quantitative estimate of drug-likeness (QED) is 0.200. The third-order valence-corrected chi connectivity index (χ3v) is 7.33. The molecule has 3 rings (SSSR count). The SMILES string of the molecule is CCCCC(CC)CCc1ccc(-c2ccc(CNCCCO[PH](=O)O)c3c2CCC=N3)cc1F. The van der Waals surface area contributed by atoms with Crippen LogP contribution < -0.4 is 5.32 Å². The fourth-order valence-electron chi connectivity index (χ4n) is 4.78. The van der Waals surface area contributed by atoms with Crippen LogP contribution in [-0.4, -0.2) is 24.3 Å². The van der Waals surface area contributed by atoms with Gasteiger partial charge in [-0.1, -0.05) is 63.8 Å². The van der Waals surface area contributed by atoms with Gasteiger partial charge < -0.3 is 14.7 Å². The van der Waals surface area contributed by atoms with Crippen LogP contribution in [-0.2, 0) is 28.5 Å². The Kier molecular flexibility index (Phi) is 11.6. The third-order valence-electron chi connectivity index (χ3n) is 6.88. The summed E-state index contributed by atoms with van der Waals surface area (Å²) in [5.74, 6) is 0.562. The maximum absolute atomic E-state index is 15.1. The number of aliphatic imine (C=N–C) groups is 1. The molecule has 2 unspecified atom stereocenters. The van der Waals surface area contributed by atoms with Crippen molar-refractivity contribution in [1.82, 2.24) is 5.32 Å². The van der Waals surface area contributed by atoms with E-state index in [1.807, 2.05) is 12.3 Å². The van der Waals surface area contributed by atoms with Gasteiger partial charge in [-0.15, -0.1) is 0 Å². The van der Waals surface area contributed by atoms with Gasteiger partial charge in [0.05, 0.1) is 12.3 Å². The number of hydrogen-bond donors (Lipinski definition) is 2. The van der Waals surface area contributed by atoms with E-state index in [1.165, 1.54) is 24.8 Å². The predicted molar refractivity (Wildman–Crippen MR) is 143 cm³/mol. The van der Waals surface area contributed by atoms with Gasteiger partial charge >= 0.3 is 8.25 Å². The van der Waals surface area contributed by atoms with Crippen molar-refractivity contribution in [2.24, 2.45) is 10.9 Å². The number of aryl methyl sites for hydroxylation is 1. The van der Waals surface area contributed by atoms with Crippen molar-refractivity contribution in [2.45, 2.75) is 78.2 Å². The van der Waals surface area contributed by atoms with Crippen molar-refractivity contribution in [3.8, 4) is 11.1 Å². The first-order chi connectivity index (χ1) is 17.0. The number of nitrogens with one attached hydrogen (secondary N) is 1. The molecule has 0 aliphatic carbocycles. The van der Waals surface area contributed by atoms with E-state index in [0.29, 0.717) is 25.4 Å². The molecule has 0 fully saturated rings. The number of hydrogen-bond acceptors (Lipinski definition) is 4. The van der Waals surface area contributed by atoms with E-state index < -0.39 is 8.25 Å². The molecule has 0 amide bonds. The molecule has 2 aromatic rings. The molecule has 7 heteroatoms. The number of benzene rings is 2. The van der Waals surface area contributed by atoms with Gasteiger partial charge in [0.2, 0.25) is 0 Å². The van der Waals surface area contributed by atoms with E-state index in [9.17, 15) is 4.57 Å². The Morgan fingerprint density at radius 2 is 2.00 bits per heavy atom. The largest absolute Gasteiger partial charge is 0.326 e. The van der Waals surface area contributed by atoms with Crippen LogP contribution in [0.2, 0.25) is 0 Å². The van der Waals surface area contributed by atoms with E-state index in [-0.39, 0.29) is 12.4 Å². The molecule has 0 saturated carbocycles. The van der Waals surface area contributed by atoms with Crippen LogP contribution in [0.5, 0.6) is 0 Å². The summed E-state index contributed by atoms with van der Waals surface area (Å²) in [5, 5.41) is 3.36. The van der Waals surface area contributed by atoms with Crippen LogP contribution in [0.15, 0.2) is 35.3 Å². The van der Waals surface area contributed by atoms with Crippen molar-refractivity contribution in [3.05, 3.63) is 52.8 Å². The molecule has 1 heterocycles. The van der Waals surface area contributed by atoms with Crippen LogP contribution in [0, 0.1) is 11.7 Å². The van der Waals surface area contributed by atoms with Crippen LogP contribution in [0.3, 0.4) is 0 Å². The van der Waals surface area contributed by atoms with E-state index in [4.69, 9.17) is 9.42 Å². The molecule has 35 heavy (non-hydrogen) atoms. The minimum Gasteiger partial charge on any atom is -0.326 e. The van der Waals surface area contributed by atoms with E-state index >= 15 is 4.39 Å². The summed E-state index contributed by atoms with van der Waals surface area (Å²) >= 11 is 0. The molecule has 1 aliphatic rings. The molecule has 5 nitrogen and oxygen atoms in total. The van der Waals surface area contributed by atoms with Crippen molar-refractivity contribution in [1.29, 1.82) is 0 Å². The lowest BCUT2D eigenvalue weighted by atomic mass is 9.89. The van der Waals surface area contributed by atoms with E-state index in [1.54, 1.807) is 6.07 Å². The highest BCUT2D eigenvalue weighted by atomic mass is 31.1. The molecular weight excluding hydrogens is 462 g/mol. The summed E-state index contributed by atoms with van der Waals surface area (Å²) in [4.78, 5) is 13.4. The zero-order valence-electron chi connectivity index (χ0n) is 21.1. The number of unbranched alkanes of at least 4 members (excludes halogenated alkanes) is 1. The topological polar surface area (TPSA) is 70.9 Å². The molecule has 2 atom stereocenters. The molecule has 0 aromatic heterocycles. The first kappa shape index (κ1) is 27.7. The average molecular weight is 503 g/mol. The van der Waals surface area contributed by atoms with Crippen molar-refractivity contribution in [2.75, 3.05) is 13.2 Å². The lowest BCUT2D eigenvalue weighted by Gasteiger charge is -2.20. The number of fused-ring (bicyclic) bond motifs is 1. The van der Waals surface area contributed by atoms with Gasteiger partial charge in [-0.3, -0.25) is 9.56 Å². The molecule has 0 bridgehead atoms. The van der Waals surface area contributed by atoms with Gasteiger partial charge in [-0.25, -0.2) is 4.39 Å². The summed E-state index contributed by atoms with van der Waals surface area (Å²) in [6, 6.07) is 9.88. The molecule has 0 radical (unpaired) electrons. The van der Waals surface area contributed by atoms with Crippen LogP contribution in [0.25, 0.3) is 11.1 Å². The number of halogens is 1. The van der Waals surface area contributed by atoms with Gasteiger partial charge in [-0.2, -0.15) is 0 Å². The summed E-state index contributed by atoms with van der Waals surface area (Å²) in [6.07, 6.45) is 11.1. The molecule has 1 aliphatic heterocycles. The molecule has 192 valence electrons. The smallest absolute Gasteiger partial charge is 0.316 e. The normalized spacial score (nSPS) is 14.6. The van der Waals surface area contributed by atoms with Crippen LogP contribution >= 0.6 is 8.25 Å². The highest BCUT2D eigenvalue weighted by Crippen LogP contribution is 2.37. The van der Waals surface area contributed by atoms with Gasteiger partial charge in [0.25, 0.3) is 0 Å². The Hall–Kier alpha value is -1.85. The Morgan fingerprint density at radius 1 is 1.17 bits per heavy atom. The summed E-state index contributed by atoms with van der Waals surface area (Å²) in [7, 11) is -2.86. The van der Waals surface area contributed by atoms with Gasteiger partial charge in [0, 0.05) is 12.8 Å². The summed E-state index contributed by atoms with van der Waals surface area (Å²) in [5.41, 5.74) is 6.03. The van der Waals surface area contributed by atoms with Crippen LogP contribution in [0.4, 0.5) is 10.1 Å². The predicted octanol–water partition coefficient (Wildman–Crippen LogP) is 7.17. The zero-order valence-corrected chi connectivity index (χ0v) is 22.1. The lowest BCUT2D eigenvalue weighted by Crippen LogP contribution is -2.16. The minimum absolute atomic E-state index is 0.112. The second-order valence-corrected chi connectivity index (χ2v) is 10.2. The second kappa shape index (κ2) is 14.6. The molecule has 2 aromatic carbocycles. The highest BCUT2D eigenvalue weighted by molar-refractivity contribution is 7.32. The van der Waals surface area contributed by atoms with Gasteiger partial charge in [0.15, 0.2) is 0 Å². The maximum atomic E-state index is 15.1. The number of rotatable bonds is 15. The zero-order chi connectivity index (χ0) is 25.0. The number of nitrogens with zero attached hydrogens (tertiary/aromatic N) is 1. The first-order valence-corrected chi connectivity index (χ1v) is 14.3. The molecular formula is C28H40FN2O3P. The van der Waals surface area contributed by atoms with Crippen LogP contribution in [0.1, 0.15) is 75.5 Å². The Bertz CT molecular complexity index is 1010. The third kappa shape index (κ3) is 8.35. The first-order valence-electron chi connectivity index (χ1n) is 13.1. The fraction of sp³-hybridized carbons (Fsp3) is 0.536. The Balaban J connectivity index is 1.68. The van der Waals surface area contributed by atoms with E-state index in [2.05, 4.69) is 42.4 Å². The molecule has 0 spiro atoms. The minimum atomic E-state index is -2.86. The van der Waals surface area contributed by atoms with E-state index in [0.717, 1.165) is 60.0 Å². The molecule has 2 N–H and O–H groups in total. The lowest BCUT2D eigenvalue weighted by molar-refractivity contribution is 0.276. The molecule has 0 saturated heterocycles. The monoisotopic (exact) mass is 502 g/mol.